The van der Waals surface area contributed by atoms with E-state index in [1.54, 1.807) is 25.1 Å². The van der Waals surface area contributed by atoms with Crippen molar-refractivity contribution in [1.29, 1.82) is 0 Å². The first-order valence-corrected chi connectivity index (χ1v) is 10.3. The Kier molecular flexibility index (Phi) is 5.54. The van der Waals surface area contributed by atoms with Crippen molar-refractivity contribution >= 4 is 23.5 Å². The Balaban J connectivity index is 1.42. The molecule has 0 radical (unpaired) electrons. The molecule has 2 aliphatic heterocycles. The summed E-state index contributed by atoms with van der Waals surface area (Å²) in [5, 5.41) is 2.85. The number of carbonyl (C=O) groups excluding carboxylic acids is 3. The third-order valence-corrected chi connectivity index (χ3v) is 5.51. The van der Waals surface area contributed by atoms with Crippen molar-refractivity contribution in [1.82, 2.24) is 10.2 Å². The summed E-state index contributed by atoms with van der Waals surface area (Å²) >= 11 is 0. The van der Waals surface area contributed by atoms with Crippen LogP contribution >= 0.6 is 0 Å². The molecular formula is C23H25N3O5. The number of imide groups is 1. The van der Waals surface area contributed by atoms with Gasteiger partial charge in [-0.15, -0.1) is 0 Å². The van der Waals surface area contributed by atoms with Gasteiger partial charge in [0, 0.05) is 5.69 Å². The summed E-state index contributed by atoms with van der Waals surface area (Å²) in [5.74, 6) is 0.499. The normalized spacial score (nSPS) is 18.9. The van der Waals surface area contributed by atoms with Crippen molar-refractivity contribution in [2.45, 2.75) is 32.9 Å². The number of amides is 4. The van der Waals surface area contributed by atoms with Gasteiger partial charge >= 0.3 is 6.03 Å². The number of ether oxygens (including phenoxy) is 2. The molecule has 8 heteroatoms. The predicted octanol–water partition coefficient (Wildman–Crippen LogP) is 2.80. The van der Waals surface area contributed by atoms with E-state index in [2.05, 4.69) is 5.32 Å². The van der Waals surface area contributed by atoms with Gasteiger partial charge in [0.05, 0.1) is 6.04 Å². The van der Waals surface area contributed by atoms with Crippen LogP contribution in [0.5, 0.6) is 11.5 Å². The minimum absolute atomic E-state index is 0.332. The summed E-state index contributed by atoms with van der Waals surface area (Å²) in [7, 11) is 0. The fourth-order valence-electron chi connectivity index (χ4n) is 3.75. The molecule has 31 heavy (non-hydrogen) atoms. The van der Waals surface area contributed by atoms with Gasteiger partial charge in [-0.3, -0.25) is 19.4 Å². The number of nitrogens with one attached hydrogen (secondary N) is 1. The lowest BCUT2D eigenvalue weighted by Gasteiger charge is -2.22. The molecule has 4 amide bonds. The molecule has 1 saturated heterocycles. The quantitative estimate of drug-likeness (QED) is 0.747. The summed E-state index contributed by atoms with van der Waals surface area (Å²) in [6, 6.07) is 11.3. The van der Waals surface area contributed by atoms with E-state index in [9.17, 15) is 14.4 Å². The van der Waals surface area contributed by atoms with Gasteiger partial charge in [-0.2, -0.15) is 0 Å². The number of fused-ring (bicyclic) bond motifs is 1. The Labute approximate surface area is 180 Å². The van der Waals surface area contributed by atoms with E-state index in [4.69, 9.17) is 9.47 Å². The Hall–Kier alpha value is -3.55. The Morgan fingerprint density at radius 3 is 2.48 bits per heavy atom. The van der Waals surface area contributed by atoms with E-state index >= 15 is 0 Å². The van der Waals surface area contributed by atoms with Gasteiger partial charge in [0.25, 0.3) is 5.91 Å². The lowest BCUT2D eigenvalue weighted by Crippen LogP contribution is -2.42. The van der Waals surface area contributed by atoms with Crippen molar-refractivity contribution < 1.29 is 23.9 Å². The number of nitrogens with zero attached hydrogens (tertiary/aromatic N) is 2. The predicted molar refractivity (Wildman–Crippen MR) is 114 cm³/mol. The lowest BCUT2D eigenvalue weighted by atomic mass is 10.1. The molecule has 0 aromatic heterocycles. The van der Waals surface area contributed by atoms with Crippen molar-refractivity contribution in [3.63, 3.8) is 0 Å². The zero-order chi connectivity index (χ0) is 22.1. The molecule has 2 aliphatic rings. The topological polar surface area (TPSA) is 88.2 Å². The van der Waals surface area contributed by atoms with E-state index in [1.165, 1.54) is 4.90 Å². The van der Waals surface area contributed by atoms with Crippen LogP contribution in [-0.4, -0.2) is 48.5 Å². The Bertz CT molecular complexity index is 1020. The summed E-state index contributed by atoms with van der Waals surface area (Å²) in [4.78, 5) is 40.6. The second kappa shape index (κ2) is 8.29. The fraction of sp³-hybridized carbons (Fsp3) is 0.348. The number of carbonyl (C=O) groups is 3. The third kappa shape index (κ3) is 4.05. The summed E-state index contributed by atoms with van der Waals surface area (Å²) in [5.41, 5.74) is 2.52. The highest BCUT2D eigenvalue weighted by Gasteiger charge is 2.44. The van der Waals surface area contributed by atoms with E-state index in [0.29, 0.717) is 30.4 Å². The van der Waals surface area contributed by atoms with Gasteiger partial charge in [-0.1, -0.05) is 23.8 Å². The van der Waals surface area contributed by atoms with E-state index in [-0.39, 0.29) is 12.6 Å². The lowest BCUT2D eigenvalue weighted by molar-refractivity contribution is -0.132. The van der Waals surface area contributed by atoms with Gasteiger partial charge in [-0.25, -0.2) is 4.79 Å². The molecule has 8 nitrogen and oxygen atoms in total. The SMILES string of the molecule is Cc1ccc(N2C(=O)N(CC(=O)N[C@H](C)c3ccc4c(c3)OCCO4)C(=O)[C@@H]2C)cc1. The zero-order valence-corrected chi connectivity index (χ0v) is 17.8. The Morgan fingerprint density at radius 2 is 1.77 bits per heavy atom. The molecule has 2 atom stereocenters. The van der Waals surface area contributed by atoms with Crippen LogP contribution in [0.1, 0.15) is 31.0 Å². The number of aryl methyl sites for hydroxylation is 1. The van der Waals surface area contributed by atoms with Crippen LogP contribution in [0.25, 0.3) is 0 Å². The average molecular weight is 423 g/mol. The van der Waals surface area contributed by atoms with E-state index < -0.39 is 23.9 Å². The van der Waals surface area contributed by atoms with E-state index in [1.807, 2.05) is 38.1 Å². The first-order valence-electron chi connectivity index (χ1n) is 10.3. The highest BCUT2D eigenvalue weighted by molar-refractivity contribution is 6.15. The van der Waals surface area contributed by atoms with Gasteiger partial charge in [0.2, 0.25) is 5.91 Å². The molecule has 0 saturated carbocycles. The molecule has 2 heterocycles. The first kappa shape index (κ1) is 20.7. The third-order valence-electron chi connectivity index (χ3n) is 5.51. The monoisotopic (exact) mass is 423 g/mol. The van der Waals surface area contributed by atoms with Crippen LogP contribution in [-0.2, 0) is 9.59 Å². The minimum Gasteiger partial charge on any atom is -0.486 e. The van der Waals surface area contributed by atoms with Gasteiger partial charge in [-0.05, 0) is 50.6 Å². The highest BCUT2D eigenvalue weighted by atomic mass is 16.6. The molecule has 0 aliphatic carbocycles. The molecule has 1 fully saturated rings. The molecule has 0 unspecified atom stereocenters. The van der Waals surface area contributed by atoms with Crippen molar-refractivity contribution in [2.75, 3.05) is 24.7 Å². The van der Waals surface area contributed by atoms with Gasteiger partial charge < -0.3 is 14.8 Å². The maximum atomic E-state index is 12.9. The average Bonchev–Trinajstić information content (AvgIpc) is 2.97. The standard InChI is InChI=1S/C23H25N3O5/c1-14-4-7-18(8-5-14)26-16(3)22(28)25(23(26)29)13-21(27)24-15(2)17-6-9-19-20(12-17)31-11-10-30-19/h4-9,12,15-16H,10-11,13H2,1-3H3,(H,24,27)/t15-,16+/m1/s1. The smallest absolute Gasteiger partial charge is 0.332 e. The highest BCUT2D eigenvalue weighted by Crippen LogP contribution is 2.32. The number of rotatable bonds is 5. The second-order valence-corrected chi connectivity index (χ2v) is 7.78. The first-order chi connectivity index (χ1) is 14.8. The molecule has 1 N–H and O–H groups in total. The van der Waals surface area contributed by atoms with Crippen LogP contribution < -0.4 is 19.7 Å². The molecule has 2 aromatic carbocycles. The van der Waals surface area contributed by atoms with Crippen LogP contribution in [0.2, 0.25) is 0 Å². The van der Waals surface area contributed by atoms with Gasteiger partial charge in [0.15, 0.2) is 11.5 Å². The Morgan fingerprint density at radius 1 is 1.10 bits per heavy atom. The number of urea groups is 1. The molecule has 0 spiro atoms. The molecule has 2 aromatic rings. The maximum absolute atomic E-state index is 12.9. The van der Waals surface area contributed by atoms with E-state index in [0.717, 1.165) is 16.0 Å². The number of benzene rings is 2. The molecular weight excluding hydrogens is 398 g/mol. The largest absolute Gasteiger partial charge is 0.486 e. The minimum atomic E-state index is -0.668. The zero-order valence-electron chi connectivity index (χ0n) is 17.8. The van der Waals surface area contributed by atoms with Crippen molar-refractivity contribution in [2.24, 2.45) is 0 Å². The van der Waals surface area contributed by atoms with Crippen LogP contribution in [0.3, 0.4) is 0 Å². The second-order valence-electron chi connectivity index (χ2n) is 7.78. The summed E-state index contributed by atoms with van der Waals surface area (Å²) < 4.78 is 11.1. The number of hydrogen-bond donors (Lipinski definition) is 1. The van der Waals surface area contributed by atoms with Crippen LogP contribution in [0, 0.1) is 6.92 Å². The number of anilines is 1. The van der Waals surface area contributed by atoms with Crippen molar-refractivity contribution in [3.8, 4) is 11.5 Å². The van der Waals surface area contributed by atoms with Crippen molar-refractivity contribution in [3.05, 3.63) is 53.6 Å². The number of hydrogen-bond acceptors (Lipinski definition) is 5. The summed E-state index contributed by atoms with van der Waals surface area (Å²) in [6.45, 7) is 6.09. The fourth-order valence-corrected chi connectivity index (χ4v) is 3.75. The van der Waals surface area contributed by atoms with Crippen LogP contribution in [0.15, 0.2) is 42.5 Å². The molecule has 0 bridgehead atoms. The molecule has 162 valence electrons. The summed E-state index contributed by atoms with van der Waals surface area (Å²) in [6.07, 6.45) is 0. The van der Waals surface area contributed by atoms with Gasteiger partial charge in [0.1, 0.15) is 25.8 Å². The maximum Gasteiger partial charge on any atom is 0.332 e. The van der Waals surface area contributed by atoms with Crippen LogP contribution in [0.4, 0.5) is 10.5 Å². The molecule has 4 rings (SSSR count).